The summed E-state index contributed by atoms with van der Waals surface area (Å²) in [4.78, 5) is 31.2. The van der Waals surface area contributed by atoms with Crippen LogP contribution in [0.2, 0.25) is 0 Å². The highest BCUT2D eigenvalue weighted by Gasteiger charge is 2.28. The van der Waals surface area contributed by atoms with E-state index < -0.39 is 11.8 Å². The number of hydrogen-bond acceptors (Lipinski definition) is 3. The fourth-order valence-electron chi connectivity index (χ4n) is 0.678. The first kappa shape index (κ1) is 5.94. The molecule has 0 atom stereocenters. The molecule has 0 aromatic carbocycles. The van der Waals surface area contributed by atoms with E-state index in [2.05, 4.69) is 0 Å². The molecule has 0 N–H and O–H groups in total. The number of nitrogens with zero attached hydrogens (tertiary/aromatic N) is 1. The van der Waals surface area contributed by atoms with Crippen molar-refractivity contribution in [3.63, 3.8) is 0 Å². The Morgan fingerprint density at radius 3 is 1.89 bits per heavy atom. The third kappa shape index (κ3) is 0.826. The third-order valence-electron chi connectivity index (χ3n) is 1.14. The maximum absolute atomic E-state index is 10.5. The Morgan fingerprint density at radius 2 is 1.67 bits per heavy atom. The van der Waals surface area contributed by atoms with Gasteiger partial charge in [0.1, 0.15) is 0 Å². The minimum absolute atomic E-state index is 0.147. The van der Waals surface area contributed by atoms with Gasteiger partial charge in [-0.1, -0.05) is 0 Å². The molecule has 1 rings (SSSR count). The van der Waals surface area contributed by atoms with Crippen LogP contribution >= 0.6 is 0 Å². The van der Waals surface area contributed by atoms with Crippen molar-refractivity contribution in [1.82, 2.24) is 4.90 Å². The second kappa shape index (κ2) is 1.97. The number of imide groups is 3. The summed E-state index contributed by atoms with van der Waals surface area (Å²) >= 11 is 0. The molecule has 47 valence electrons. The smallest absolute Gasteiger partial charge is 0.274 e. The molecule has 4 nitrogen and oxygen atoms in total. The Hall–Kier alpha value is -1.19. The summed E-state index contributed by atoms with van der Waals surface area (Å²) in [5.41, 5.74) is 0. The molecular formula is C5H4NO3. The highest BCUT2D eigenvalue weighted by atomic mass is 16.2. The normalized spacial score (nSPS) is 18.9. The van der Waals surface area contributed by atoms with E-state index in [0.29, 0.717) is 4.90 Å². The standard InChI is InChI=1S/C5H4NO3/c7-3-6-4(8)1-2-5(6)9/h1-2H2. The number of carbonyl (C=O) groups is 2. The van der Waals surface area contributed by atoms with E-state index in [9.17, 15) is 14.4 Å². The first-order valence-electron chi connectivity index (χ1n) is 2.49. The highest BCUT2D eigenvalue weighted by molar-refractivity contribution is 6.09. The fraction of sp³-hybridized carbons (Fsp3) is 0.400. The molecule has 1 aliphatic rings. The van der Waals surface area contributed by atoms with Gasteiger partial charge in [0.05, 0.1) is 0 Å². The van der Waals surface area contributed by atoms with E-state index >= 15 is 0 Å². The molecule has 1 fully saturated rings. The monoisotopic (exact) mass is 126 g/mol. The molecule has 3 amide bonds. The molecule has 0 bridgehead atoms. The van der Waals surface area contributed by atoms with E-state index in [1.165, 1.54) is 6.41 Å². The van der Waals surface area contributed by atoms with Gasteiger partial charge in [-0.15, -0.1) is 0 Å². The summed E-state index contributed by atoms with van der Waals surface area (Å²) in [6.45, 7) is 0. The van der Waals surface area contributed by atoms with Gasteiger partial charge in [0.2, 0.25) is 11.8 Å². The molecule has 0 spiro atoms. The summed E-state index contributed by atoms with van der Waals surface area (Å²) in [6.07, 6.45) is 1.54. The first-order chi connectivity index (χ1) is 4.25. The van der Waals surface area contributed by atoms with Gasteiger partial charge in [-0.25, -0.2) is 4.90 Å². The van der Waals surface area contributed by atoms with Gasteiger partial charge in [-0.2, -0.15) is 0 Å². The molecule has 0 saturated carbocycles. The minimum atomic E-state index is -0.449. The van der Waals surface area contributed by atoms with Gasteiger partial charge < -0.3 is 0 Å². The molecule has 0 aromatic rings. The Balaban J connectivity index is 2.77. The number of likely N-dealkylation sites (tertiary alicyclic amines) is 1. The van der Waals surface area contributed by atoms with Crippen molar-refractivity contribution in [2.75, 3.05) is 0 Å². The van der Waals surface area contributed by atoms with E-state index in [0.717, 1.165) is 0 Å². The van der Waals surface area contributed by atoms with Gasteiger partial charge in [0.25, 0.3) is 0 Å². The molecule has 1 saturated heterocycles. The van der Waals surface area contributed by atoms with Crippen molar-refractivity contribution in [2.45, 2.75) is 12.8 Å². The van der Waals surface area contributed by atoms with Crippen LogP contribution in [0.5, 0.6) is 0 Å². The van der Waals surface area contributed by atoms with Crippen LogP contribution in [0.4, 0.5) is 0 Å². The molecule has 1 aliphatic heterocycles. The van der Waals surface area contributed by atoms with Crippen molar-refractivity contribution in [1.29, 1.82) is 0 Å². The Labute approximate surface area is 51.4 Å². The van der Waals surface area contributed by atoms with Crippen LogP contribution in [0, 0.1) is 0 Å². The minimum Gasteiger partial charge on any atom is -0.274 e. The quantitative estimate of drug-likeness (QED) is 0.432. The first-order valence-corrected chi connectivity index (χ1v) is 2.49. The predicted molar refractivity (Wildman–Crippen MR) is 26.8 cm³/mol. The van der Waals surface area contributed by atoms with Crippen LogP contribution in [0.25, 0.3) is 0 Å². The van der Waals surface area contributed by atoms with Crippen molar-refractivity contribution in [2.24, 2.45) is 0 Å². The predicted octanol–water partition coefficient (Wildman–Crippen LogP) is -0.797. The maximum atomic E-state index is 10.5. The number of rotatable bonds is 1. The van der Waals surface area contributed by atoms with Gasteiger partial charge in [-0.05, 0) is 0 Å². The average Bonchev–Trinajstić information content (AvgIpc) is 2.12. The number of carbonyl (C=O) groups excluding carboxylic acids is 3. The van der Waals surface area contributed by atoms with E-state index in [1.54, 1.807) is 0 Å². The molecule has 0 aliphatic carbocycles. The topological polar surface area (TPSA) is 54.5 Å². The second-order valence-electron chi connectivity index (χ2n) is 1.71. The lowest BCUT2D eigenvalue weighted by Gasteiger charge is -1.97. The van der Waals surface area contributed by atoms with Gasteiger partial charge in [0.15, 0.2) is 0 Å². The average molecular weight is 126 g/mol. The maximum Gasteiger partial charge on any atom is 0.326 e. The van der Waals surface area contributed by atoms with Crippen LogP contribution in [0.1, 0.15) is 12.8 Å². The lowest BCUT2D eigenvalue weighted by Crippen LogP contribution is -2.26. The van der Waals surface area contributed by atoms with Crippen molar-refractivity contribution < 1.29 is 14.4 Å². The van der Waals surface area contributed by atoms with Gasteiger partial charge >= 0.3 is 6.41 Å². The molecule has 9 heavy (non-hydrogen) atoms. The highest BCUT2D eigenvalue weighted by Crippen LogP contribution is 2.07. The Kier molecular flexibility index (Phi) is 1.30. The van der Waals surface area contributed by atoms with Gasteiger partial charge in [-0.3, -0.25) is 14.4 Å². The van der Waals surface area contributed by atoms with Crippen molar-refractivity contribution >= 4 is 18.2 Å². The molecule has 1 heterocycles. The van der Waals surface area contributed by atoms with Crippen molar-refractivity contribution in [3.05, 3.63) is 0 Å². The summed E-state index contributed by atoms with van der Waals surface area (Å²) < 4.78 is 0. The third-order valence-corrected chi connectivity index (χ3v) is 1.14. The number of amides is 3. The van der Waals surface area contributed by atoms with Crippen LogP contribution in [-0.2, 0) is 14.4 Å². The van der Waals surface area contributed by atoms with E-state index in [1.807, 2.05) is 0 Å². The lowest BCUT2D eigenvalue weighted by molar-refractivity contribution is -0.133. The Morgan fingerprint density at radius 1 is 1.22 bits per heavy atom. The van der Waals surface area contributed by atoms with Crippen LogP contribution in [0.15, 0.2) is 0 Å². The van der Waals surface area contributed by atoms with Gasteiger partial charge in [0, 0.05) is 12.8 Å². The SMILES string of the molecule is O=[C]N1C(=O)CCC1=O. The lowest BCUT2D eigenvalue weighted by atomic mass is 10.4. The molecule has 1 radical (unpaired) electrons. The summed E-state index contributed by atoms with van der Waals surface area (Å²) in [5, 5.41) is 0. The molecule has 0 unspecified atom stereocenters. The van der Waals surface area contributed by atoms with Crippen LogP contribution < -0.4 is 0 Å². The van der Waals surface area contributed by atoms with Crippen LogP contribution in [0.3, 0.4) is 0 Å². The van der Waals surface area contributed by atoms with Crippen molar-refractivity contribution in [3.8, 4) is 0 Å². The zero-order chi connectivity index (χ0) is 6.85. The summed E-state index contributed by atoms with van der Waals surface area (Å²) in [5.74, 6) is -0.898. The number of hydrogen-bond donors (Lipinski definition) is 0. The molecular weight excluding hydrogens is 122 g/mol. The van der Waals surface area contributed by atoms with Crippen LogP contribution in [-0.4, -0.2) is 23.1 Å². The molecule has 4 heteroatoms. The summed E-state index contributed by atoms with van der Waals surface area (Å²) in [7, 11) is 0. The Bertz CT molecular complexity index is 159. The summed E-state index contributed by atoms with van der Waals surface area (Å²) in [6, 6.07) is 0. The fourth-order valence-corrected chi connectivity index (χ4v) is 0.678. The zero-order valence-electron chi connectivity index (χ0n) is 4.59. The van der Waals surface area contributed by atoms with E-state index in [-0.39, 0.29) is 12.8 Å². The zero-order valence-corrected chi connectivity index (χ0v) is 4.59. The largest absolute Gasteiger partial charge is 0.326 e. The van der Waals surface area contributed by atoms with E-state index in [4.69, 9.17) is 0 Å². The second-order valence-corrected chi connectivity index (χ2v) is 1.71. The molecule has 0 aromatic heterocycles.